The number of fused-ring (bicyclic) bond motifs is 1. The maximum Gasteiger partial charge on any atom is 0.346 e. The molecule has 0 bridgehead atoms. The van der Waals surface area contributed by atoms with Crippen molar-refractivity contribution in [2.45, 2.75) is 18.4 Å². The van der Waals surface area contributed by atoms with Gasteiger partial charge in [0.05, 0.1) is 12.2 Å². The van der Waals surface area contributed by atoms with Crippen LogP contribution in [0, 0.1) is 0 Å². The molecule has 0 aromatic carbocycles. The van der Waals surface area contributed by atoms with Gasteiger partial charge < -0.3 is 14.7 Å². The van der Waals surface area contributed by atoms with E-state index in [4.69, 9.17) is 9.84 Å². The van der Waals surface area contributed by atoms with E-state index in [0.29, 0.717) is 4.88 Å². The molecule has 1 saturated carbocycles. The zero-order valence-electron chi connectivity index (χ0n) is 8.32. The van der Waals surface area contributed by atoms with Gasteiger partial charge in [-0.25, -0.2) is 4.79 Å². The molecule has 0 atom stereocenters. The lowest BCUT2D eigenvalue weighted by Gasteiger charge is -2.31. The van der Waals surface area contributed by atoms with Crippen molar-refractivity contribution in [3.63, 3.8) is 0 Å². The molecule has 0 saturated heterocycles. The fourth-order valence-electron chi connectivity index (χ4n) is 1.96. The highest BCUT2D eigenvalue weighted by Gasteiger charge is 2.50. The van der Waals surface area contributed by atoms with Gasteiger partial charge in [-0.1, -0.05) is 11.3 Å². The number of thiophene rings is 1. The fourth-order valence-corrected chi connectivity index (χ4v) is 2.95. The molecule has 1 aliphatic heterocycles. The molecular formula is C10H11NO3S. The van der Waals surface area contributed by atoms with E-state index in [1.165, 1.54) is 11.3 Å². The van der Waals surface area contributed by atoms with Gasteiger partial charge in [0.15, 0.2) is 5.06 Å². The van der Waals surface area contributed by atoms with Crippen molar-refractivity contribution < 1.29 is 14.6 Å². The molecule has 1 fully saturated rings. The highest BCUT2D eigenvalue weighted by Crippen LogP contribution is 2.51. The summed E-state index contributed by atoms with van der Waals surface area (Å²) in [7, 11) is 1.99. The lowest BCUT2D eigenvalue weighted by molar-refractivity contribution is 0.0702. The first-order valence-corrected chi connectivity index (χ1v) is 5.69. The number of hydrogen-bond donors (Lipinski definition) is 1. The van der Waals surface area contributed by atoms with Crippen molar-refractivity contribution in [3.8, 4) is 5.06 Å². The van der Waals surface area contributed by atoms with Gasteiger partial charge in [0, 0.05) is 7.05 Å². The summed E-state index contributed by atoms with van der Waals surface area (Å²) in [4.78, 5) is 13.3. The van der Waals surface area contributed by atoms with Crippen LogP contribution < -0.4 is 9.64 Å². The molecule has 0 radical (unpaired) electrons. The summed E-state index contributed by atoms with van der Waals surface area (Å²) in [5.74, 6) is -0.878. The molecule has 3 rings (SSSR count). The Kier molecular flexibility index (Phi) is 1.60. The molecule has 5 heteroatoms. The first kappa shape index (κ1) is 9.03. The smallest absolute Gasteiger partial charge is 0.346 e. The van der Waals surface area contributed by atoms with Crippen LogP contribution in [0.2, 0.25) is 0 Å². The van der Waals surface area contributed by atoms with E-state index in [1.807, 2.05) is 7.05 Å². The minimum absolute atomic E-state index is 0.0115. The second kappa shape index (κ2) is 2.66. The number of aromatic carboxylic acids is 1. The number of nitrogens with zero attached hydrogens (tertiary/aromatic N) is 1. The SMILES string of the molecule is CN1CC2(CC2)Oc2sc(C(=O)O)cc21. The Labute approximate surface area is 91.1 Å². The minimum atomic E-state index is -0.878. The second-order valence-corrected chi connectivity index (χ2v) is 5.24. The first-order valence-electron chi connectivity index (χ1n) is 4.87. The van der Waals surface area contributed by atoms with Gasteiger partial charge in [-0.05, 0) is 18.9 Å². The molecule has 0 amide bonds. The Morgan fingerprint density at radius 3 is 3.00 bits per heavy atom. The van der Waals surface area contributed by atoms with E-state index in [-0.39, 0.29) is 5.60 Å². The predicted octanol–water partition coefficient (Wildman–Crippen LogP) is 1.81. The van der Waals surface area contributed by atoms with Crippen LogP contribution in [0.15, 0.2) is 6.07 Å². The third-order valence-electron chi connectivity index (χ3n) is 2.94. The molecule has 2 heterocycles. The quantitative estimate of drug-likeness (QED) is 0.792. The number of rotatable bonds is 1. The number of carboxylic acid groups (broad SMARTS) is 1. The zero-order chi connectivity index (χ0) is 10.6. The van der Waals surface area contributed by atoms with Crippen LogP contribution in [0.1, 0.15) is 22.5 Å². The lowest BCUT2D eigenvalue weighted by Crippen LogP contribution is -2.38. The summed E-state index contributed by atoms with van der Waals surface area (Å²) in [6.45, 7) is 0.871. The molecule has 4 nitrogen and oxygen atoms in total. The lowest BCUT2D eigenvalue weighted by atomic mass is 10.2. The van der Waals surface area contributed by atoms with Crippen molar-refractivity contribution in [3.05, 3.63) is 10.9 Å². The van der Waals surface area contributed by atoms with E-state index >= 15 is 0 Å². The number of carbonyl (C=O) groups is 1. The van der Waals surface area contributed by atoms with Gasteiger partial charge in [0.2, 0.25) is 0 Å². The Morgan fingerprint density at radius 2 is 2.40 bits per heavy atom. The van der Waals surface area contributed by atoms with Crippen molar-refractivity contribution in [1.82, 2.24) is 0 Å². The number of ether oxygens (including phenoxy) is 1. The van der Waals surface area contributed by atoms with Crippen molar-refractivity contribution in [2.75, 3.05) is 18.5 Å². The van der Waals surface area contributed by atoms with E-state index in [9.17, 15) is 4.79 Å². The topological polar surface area (TPSA) is 49.8 Å². The van der Waals surface area contributed by atoms with Gasteiger partial charge in [-0.15, -0.1) is 0 Å². The predicted molar refractivity (Wildman–Crippen MR) is 57.1 cm³/mol. The van der Waals surface area contributed by atoms with Crippen LogP contribution in [0.25, 0.3) is 0 Å². The van der Waals surface area contributed by atoms with Crippen LogP contribution >= 0.6 is 11.3 Å². The van der Waals surface area contributed by atoms with Crippen LogP contribution in [0.4, 0.5) is 5.69 Å². The van der Waals surface area contributed by atoms with Gasteiger partial charge in [0.1, 0.15) is 10.5 Å². The normalized spacial score (nSPS) is 21.0. The fraction of sp³-hybridized carbons (Fsp3) is 0.500. The van der Waals surface area contributed by atoms with E-state index in [0.717, 1.165) is 30.1 Å². The summed E-state index contributed by atoms with van der Waals surface area (Å²) in [6, 6.07) is 1.69. The Morgan fingerprint density at radius 1 is 1.67 bits per heavy atom. The molecular weight excluding hydrogens is 214 g/mol. The standard InChI is InChI=1S/C10H11NO3S/c1-11-5-10(2-3-10)14-9-6(11)4-7(15-9)8(12)13/h4H,2-3,5H2,1H3,(H,12,13). The third kappa shape index (κ3) is 1.30. The van der Waals surface area contributed by atoms with Crippen molar-refractivity contribution >= 4 is 23.0 Å². The summed E-state index contributed by atoms with van der Waals surface area (Å²) in [5.41, 5.74) is 0.900. The average Bonchev–Trinajstić information content (AvgIpc) is 2.76. The molecule has 1 aromatic heterocycles. The maximum atomic E-state index is 10.8. The number of hydrogen-bond acceptors (Lipinski definition) is 4. The molecule has 15 heavy (non-hydrogen) atoms. The van der Waals surface area contributed by atoms with Crippen molar-refractivity contribution in [2.24, 2.45) is 0 Å². The van der Waals surface area contributed by atoms with E-state index in [1.54, 1.807) is 6.07 Å². The van der Waals surface area contributed by atoms with E-state index in [2.05, 4.69) is 4.90 Å². The zero-order valence-corrected chi connectivity index (χ0v) is 9.13. The molecule has 1 aliphatic carbocycles. The first-order chi connectivity index (χ1) is 7.10. The third-order valence-corrected chi connectivity index (χ3v) is 3.93. The Bertz CT molecular complexity index is 436. The van der Waals surface area contributed by atoms with Crippen LogP contribution in [0.5, 0.6) is 5.06 Å². The minimum Gasteiger partial charge on any atom is -0.477 e. The molecule has 0 unspecified atom stereocenters. The number of anilines is 1. The highest BCUT2D eigenvalue weighted by atomic mass is 32.1. The molecule has 1 spiro atoms. The molecule has 80 valence electrons. The second-order valence-electron chi connectivity index (χ2n) is 4.23. The molecule has 2 aliphatic rings. The number of carboxylic acids is 1. The Hall–Kier alpha value is -1.23. The van der Waals surface area contributed by atoms with Gasteiger partial charge in [0.25, 0.3) is 0 Å². The summed E-state index contributed by atoms with van der Waals surface area (Å²) in [5, 5.41) is 9.67. The van der Waals surface area contributed by atoms with E-state index < -0.39 is 5.97 Å². The van der Waals surface area contributed by atoms with Gasteiger partial charge >= 0.3 is 5.97 Å². The number of likely N-dealkylation sites (N-methyl/N-ethyl adjacent to an activating group) is 1. The maximum absolute atomic E-state index is 10.8. The van der Waals surface area contributed by atoms with Gasteiger partial charge in [-0.2, -0.15) is 0 Å². The Balaban J connectivity index is 2.02. The van der Waals surface area contributed by atoms with Crippen LogP contribution in [-0.2, 0) is 0 Å². The summed E-state index contributed by atoms with van der Waals surface area (Å²) < 4.78 is 5.85. The van der Waals surface area contributed by atoms with Crippen LogP contribution in [0.3, 0.4) is 0 Å². The largest absolute Gasteiger partial charge is 0.477 e. The van der Waals surface area contributed by atoms with Gasteiger partial charge in [-0.3, -0.25) is 0 Å². The monoisotopic (exact) mass is 225 g/mol. The molecule has 1 N–H and O–H groups in total. The average molecular weight is 225 g/mol. The summed E-state index contributed by atoms with van der Waals surface area (Å²) >= 11 is 1.23. The highest BCUT2D eigenvalue weighted by molar-refractivity contribution is 7.16. The van der Waals surface area contributed by atoms with Crippen molar-refractivity contribution in [1.29, 1.82) is 0 Å². The van der Waals surface area contributed by atoms with Crippen LogP contribution in [-0.4, -0.2) is 30.3 Å². The molecule has 1 aromatic rings. The summed E-state index contributed by atoms with van der Waals surface area (Å²) in [6.07, 6.45) is 2.16.